The van der Waals surface area contributed by atoms with Crippen molar-refractivity contribution >= 4 is 23.8 Å². The molecule has 1 saturated heterocycles. The van der Waals surface area contributed by atoms with Crippen LogP contribution in [0.25, 0.3) is 6.08 Å². The number of hydrogen-bond donors (Lipinski definition) is 1. The maximum atomic E-state index is 13.2. The van der Waals surface area contributed by atoms with Gasteiger partial charge >= 0.3 is 0 Å². The second-order valence-electron chi connectivity index (χ2n) is 7.39. The Morgan fingerprint density at radius 1 is 0.906 bits per heavy atom. The Morgan fingerprint density at radius 3 is 2.25 bits per heavy atom. The van der Waals surface area contributed by atoms with Crippen LogP contribution < -0.4 is 5.32 Å². The maximum Gasteiger partial charge on any atom is 0.289 e. The third-order valence-corrected chi connectivity index (χ3v) is 5.15. The number of hydrogen-bond acceptors (Lipinski definition) is 5. The Balaban J connectivity index is 1.45. The van der Waals surface area contributed by atoms with Crippen LogP contribution in [0.1, 0.15) is 32.4 Å². The molecule has 3 amide bonds. The van der Waals surface area contributed by atoms with Gasteiger partial charge in [-0.2, -0.15) is 0 Å². The highest BCUT2D eigenvalue weighted by molar-refractivity contribution is 6.05. The van der Waals surface area contributed by atoms with Crippen LogP contribution in [0.4, 0.5) is 0 Å². The first-order chi connectivity index (χ1) is 15.5. The standard InChI is InChI=1S/C24H23N3O5/c1-17-9-10-21(32-17)24(30)27-13-11-26(12-14-27)23(29)20(16-19-8-5-15-31-19)25-22(28)18-6-3-2-4-7-18/h2-10,15-16H,11-14H2,1H3,(H,25,28). The monoisotopic (exact) mass is 433 g/mol. The smallest absolute Gasteiger partial charge is 0.289 e. The van der Waals surface area contributed by atoms with Gasteiger partial charge in [0.1, 0.15) is 17.2 Å². The molecular weight excluding hydrogens is 410 g/mol. The van der Waals surface area contributed by atoms with E-state index >= 15 is 0 Å². The molecule has 0 atom stereocenters. The first-order valence-corrected chi connectivity index (χ1v) is 10.3. The van der Waals surface area contributed by atoms with Crippen LogP contribution in [0.15, 0.2) is 75.4 Å². The van der Waals surface area contributed by atoms with Crippen LogP contribution in [0.5, 0.6) is 0 Å². The number of amides is 3. The lowest BCUT2D eigenvalue weighted by Crippen LogP contribution is -2.52. The Kier molecular flexibility index (Phi) is 6.21. The van der Waals surface area contributed by atoms with Gasteiger partial charge in [0.2, 0.25) is 0 Å². The Bertz CT molecular complexity index is 1120. The summed E-state index contributed by atoms with van der Waals surface area (Å²) in [6.45, 7) is 3.18. The molecule has 4 rings (SSSR count). The topological polar surface area (TPSA) is 96.0 Å². The third-order valence-electron chi connectivity index (χ3n) is 5.15. The largest absolute Gasteiger partial charge is 0.465 e. The van der Waals surface area contributed by atoms with Crippen LogP contribution >= 0.6 is 0 Å². The van der Waals surface area contributed by atoms with Crippen molar-refractivity contribution < 1.29 is 23.2 Å². The molecule has 8 nitrogen and oxygen atoms in total. The van der Waals surface area contributed by atoms with Gasteiger partial charge in [0.05, 0.1) is 6.26 Å². The molecule has 1 N–H and O–H groups in total. The number of benzene rings is 1. The summed E-state index contributed by atoms with van der Waals surface area (Å²) < 4.78 is 10.7. The average Bonchev–Trinajstić information content (AvgIpc) is 3.50. The minimum Gasteiger partial charge on any atom is -0.465 e. The summed E-state index contributed by atoms with van der Waals surface area (Å²) in [5.41, 5.74) is 0.546. The number of furan rings is 2. The summed E-state index contributed by atoms with van der Waals surface area (Å²) in [6, 6.07) is 15.5. The van der Waals surface area contributed by atoms with E-state index in [2.05, 4.69) is 5.32 Å². The van der Waals surface area contributed by atoms with Crippen molar-refractivity contribution in [2.45, 2.75) is 6.92 Å². The van der Waals surface area contributed by atoms with Gasteiger partial charge in [-0.05, 0) is 43.3 Å². The molecule has 0 radical (unpaired) electrons. The van der Waals surface area contributed by atoms with Crippen molar-refractivity contribution in [2.24, 2.45) is 0 Å². The number of carbonyl (C=O) groups is 3. The molecule has 3 heterocycles. The SMILES string of the molecule is Cc1ccc(C(=O)N2CCN(C(=O)C(=Cc3ccco3)NC(=O)c3ccccc3)CC2)o1. The maximum absolute atomic E-state index is 13.2. The van der Waals surface area contributed by atoms with Gasteiger partial charge in [-0.15, -0.1) is 0 Å². The molecule has 0 aliphatic carbocycles. The average molecular weight is 433 g/mol. The lowest BCUT2D eigenvalue weighted by atomic mass is 10.2. The van der Waals surface area contributed by atoms with E-state index in [0.717, 1.165) is 0 Å². The van der Waals surface area contributed by atoms with E-state index in [-0.39, 0.29) is 23.3 Å². The van der Waals surface area contributed by atoms with E-state index in [4.69, 9.17) is 8.83 Å². The van der Waals surface area contributed by atoms with Gasteiger partial charge in [0.15, 0.2) is 5.76 Å². The van der Waals surface area contributed by atoms with Crippen molar-refractivity contribution in [3.05, 3.63) is 89.4 Å². The van der Waals surface area contributed by atoms with Gasteiger partial charge in [0.25, 0.3) is 17.7 Å². The highest BCUT2D eigenvalue weighted by Crippen LogP contribution is 2.15. The van der Waals surface area contributed by atoms with Crippen molar-refractivity contribution in [1.82, 2.24) is 15.1 Å². The van der Waals surface area contributed by atoms with Gasteiger partial charge in [0, 0.05) is 37.8 Å². The fraction of sp³-hybridized carbons (Fsp3) is 0.208. The van der Waals surface area contributed by atoms with E-state index in [1.54, 1.807) is 65.3 Å². The molecule has 0 spiro atoms. The zero-order chi connectivity index (χ0) is 22.5. The fourth-order valence-corrected chi connectivity index (χ4v) is 3.44. The normalized spacial score (nSPS) is 14.3. The Morgan fingerprint density at radius 2 is 1.62 bits per heavy atom. The summed E-state index contributed by atoms with van der Waals surface area (Å²) in [5, 5.41) is 2.71. The minimum absolute atomic E-state index is 0.107. The zero-order valence-electron chi connectivity index (χ0n) is 17.6. The van der Waals surface area contributed by atoms with Crippen LogP contribution in [0.3, 0.4) is 0 Å². The number of nitrogens with zero attached hydrogens (tertiary/aromatic N) is 2. The fourth-order valence-electron chi connectivity index (χ4n) is 3.44. The van der Waals surface area contributed by atoms with E-state index < -0.39 is 5.91 Å². The zero-order valence-corrected chi connectivity index (χ0v) is 17.6. The Labute approximate surface area is 185 Å². The molecule has 0 bridgehead atoms. The van der Waals surface area contributed by atoms with Gasteiger partial charge in [-0.25, -0.2) is 0 Å². The molecule has 1 aliphatic rings. The van der Waals surface area contributed by atoms with Crippen LogP contribution in [0, 0.1) is 6.92 Å². The summed E-state index contributed by atoms with van der Waals surface area (Å²) in [7, 11) is 0. The highest BCUT2D eigenvalue weighted by Gasteiger charge is 2.28. The lowest BCUT2D eigenvalue weighted by molar-refractivity contribution is -0.128. The van der Waals surface area contributed by atoms with Crippen molar-refractivity contribution in [2.75, 3.05) is 26.2 Å². The second-order valence-corrected chi connectivity index (χ2v) is 7.39. The number of aryl methyl sites for hydroxylation is 1. The van der Waals surface area contributed by atoms with Gasteiger partial charge in [-0.1, -0.05) is 18.2 Å². The highest BCUT2D eigenvalue weighted by atomic mass is 16.4. The molecular formula is C24H23N3O5. The molecule has 2 aromatic heterocycles. The van der Waals surface area contributed by atoms with E-state index in [0.29, 0.717) is 43.3 Å². The van der Waals surface area contributed by atoms with Crippen LogP contribution in [-0.4, -0.2) is 53.7 Å². The first kappa shape index (κ1) is 21.2. The molecule has 0 unspecified atom stereocenters. The molecule has 1 fully saturated rings. The first-order valence-electron chi connectivity index (χ1n) is 10.3. The van der Waals surface area contributed by atoms with Crippen molar-refractivity contribution in [3.63, 3.8) is 0 Å². The number of nitrogens with one attached hydrogen (secondary N) is 1. The summed E-state index contributed by atoms with van der Waals surface area (Å²) in [4.78, 5) is 41.7. The van der Waals surface area contributed by atoms with Crippen molar-refractivity contribution in [3.8, 4) is 0 Å². The molecule has 8 heteroatoms. The van der Waals surface area contributed by atoms with E-state index in [1.807, 2.05) is 6.07 Å². The van der Waals surface area contributed by atoms with Gasteiger partial charge < -0.3 is 24.0 Å². The molecule has 32 heavy (non-hydrogen) atoms. The Hall–Kier alpha value is -4.07. The number of piperazine rings is 1. The third kappa shape index (κ3) is 4.80. The summed E-state index contributed by atoms with van der Waals surface area (Å²) >= 11 is 0. The number of carbonyl (C=O) groups excluding carboxylic acids is 3. The number of rotatable bonds is 5. The lowest BCUT2D eigenvalue weighted by Gasteiger charge is -2.34. The van der Waals surface area contributed by atoms with E-state index in [1.165, 1.54) is 12.3 Å². The van der Waals surface area contributed by atoms with Crippen LogP contribution in [-0.2, 0) is 4.79 Å². The summed E-state index contributed by atoms with van der Waals surface area (Å²) in [6.07, 6.45) is 3.00. The predicted molar refractivity (Wildman–Crippen MR) is 117 cm³/mol. The quantitative estimate of drug-likeness (QED) is 0.624. The predicted octanol–water partition coefficient (Wildman–Crippen LogP) is 2.94. The molecule has 164 valence electrons. The summed E-state index contributed by atoms with van der Waals surface area (Å²) in [5.74, 6) is 0.475. The molecule has 0 saturated carbocycles. The molecule has 1 aromatic carbocycles. The minimum atomic E-state index is -0.390. The van der Waals surface area contributed by atoms with Gasteiger partial charge in [-0.3, -0.25) is 14.4 Å². The second kappa shape index (κ2) is 9.38. The van der Waals surface area contributed by atoms with Crippen LogP contribution in [0.2, 0.25) is 0 Å². The van der Waals surface area contributed by atoms with Crippen molar-refractivity contribution in [1.29, 1.82) is 0 Å². The molecule has 1 aliphatic heterocycles. The molecule has 3 aromatic rings. The van der Waals surface area contributed by atoms with E-state index in [9.17, 15) is 14.4 Å².